The molecule has 4 nitrogen and oxygen atoms in total. The zero-order valence-corrected chi connectivity index (χ0v) is 11.3. The summed E-state index contributed by atoms with van der Waals surface area (Å²) in [6, 6.07) is 0.574. The molecule has 0 radical (unpaired) electrons. The summed E-state index contributed by atoms with van der Waals surface area (Å²) in [6.07, 6.45) is 12.2. The summed E-state index contributed by atoms with van der Waals surface area (Å²) in [7, 11) is 0. The Labute approximate surface area is 110 Å². The van der Waals surface area contributed by atoms with Crippen LogP contribution in [0, 0.1) is 11.3 Å². The van der Waals surface area contributed by atoms with Crippen molar-refractivity contribution in [2.45, 2.75) is 63.8 Å². The molecule has 0 heterocycles. The summed E-state index contributed by atoms with van der Waals surface area (Å²) in [5.41, 5.74) is 3.31. The number of hydrogen-bond donors (Lipinski definition) is 3. The standard InChI is InChI=1S/C14H26N4/c15-18-13(17-12-4-2-1-3-5-12)16-10-14(8-9-14)11-6-7-11/h11-12H,1-10,15H2,(H2,16,17,18). The second kappa shape index (κ2) is 5.08. The van der Waals surface area contributed by atoms with Crippen molar-refractivity contribution in [2.75, 3.05) is 6.54 Å². The maximum atomic E-state index is 5.59. The van der Waals surface area contributed by atoms with E-state index in [0.29, 0.717) is 11.5 Å². The summed E-state index contributed by atoms with van der Waals surface area (Å²) in [5.74, 6) is 7.37. The third-order valence-corrected chi connectivity index (χ3v) is 4.97. The number of nitrogens with one attached hydrogen (secondary N) is 2. The van der Waals surface area contributed by atoms with E-state index in [1.807, 2.05) is 0 Å². The van der Waals surface area contributed by atoms with Crippen molar-refractivity contribution < 1.29 is 0 Å². The Kier molecular flexibility index (Phi) is 3.46. The molecule has 4 N–H and O–H groups in total. The largest absolute Gasteiger partial charge is 0.353 e. The van der Waals surface area contributed by atoms with E-state index in [1.54, 1.807) is 0 Å². The Morgan fingerprint density at radius 2 is 1.83 bits per heavy atom. The van der Waals surface area contributed by atoms with Gasteiger partial charge in [0.25, 0.3) is 0 Å². The zero-order chi connectivity index (χ0) is 12.4. The van der Waals surface area contributed by atoms with Gasteiger partial charge in [-0.15, -0.1) is 0 Å². The molecule has 0 aliphatic heterocycles. The van der Waals surface area contributed by atoms with Crippen LogP contribution in [0.5, 0.6) is 0 Å². The van der Waals surface area contributed by atoms with E-state index in [1.165, 1.54) is 57.8 Å². The van der Waals surface area contributed by atoms with Gasteiger partial charge in [0, 0.05) is 12.6 Å². The number of rotatable bonds is 4. The van der Waals surface area contributed by atoms with Crippen LogP contribution in [-0.2, 0) is 0 Å². The fourth-order valence-corrected chi connectivity index (χ4v) is 3.36. The molecule has 0 atom stereocenters. The predicted octanol–water partition coefficient (Wildman–Crippen LogP) is 1.92. The first-order valence-corrected chi connectivity index (χ1v) is 7.60. The second-order valence-electron chi connectivity index (χ2n) is 6.43. The first kappa shape index (κ1) is 12.3. The van der Waals surface area contributed by atoms with Crippen LogP contribution < -0.4 is 16.6 Å². The molecule has 102 valence electrons. The summed E-state index contributed by atoms with van der Waals surface area (Å²) < 4.78 is 0. The molecular weight excluding hydrogens is 224 g/mol. The number of aliphatic imine (C=N–C) groups is 1. The number of nitrogens with two attached hydrogens (primary N) is 1. The smallest absolute Gasteiger partial charge is 0.205 e. The molecule has 3 aliphatic carbocycles. The van der Waals surface area contributed by atoms with Gasteiger partial charge in [0.1, 0.15) is 0 Å². The van der Waals surface area contributed by atoms with Gasteiger partial charge >= 0.3 is 0 Å². The van der Waals surface area contributed by atoms with Gasteiger partial charge in [-0.2, -0.15) is 0 Å². The zero-order valence-electron chi connectivity index (χ0n) is 11.3. The van der Waals surface area contributed by atoms with Crippen molar-refractivity contribution in [3.8, 4) is 0 Å². The third kappa shape index (κ3) is 2.79. The minimum absolute atomic E-state index is 0.566. The molecule has 0 amide bonds. The molecule has 0 bridgehead atoms. The lowest BCUT2D eigenvalue weighted by atomic mass is 9.96. The molecular formula is C14H26N4. The average Bonchev–Trinajstić information content (AvgIpc) is 3.28. The van der Waals surface area contributed by atoms with Crippen LogP contribution in [-0.4, -0.2) is 18.5 Å². The van der Waals surface area contributed by atoms with Crippen LogP contribution in [0.25, 0.3) is 0 Å². The molecule has 0 unspecified atom stereocenters. The Hall–Kier alpha value is -0.770. The molecule has 3 aliphatic rings. The summed E-state index contributed by atoms with van der Waals surface area (Å²) in [4.78, 5) is 4.70. The molecule has 3 saturated carbocycles. The van der Waals surface area contributed by atoms with Gasteiger partial charge in [-0.05, 0) is 49.9 Å². The van der Waals surface area contributed by atoms with Gasteiger partial charge in [0.2, 0.25) is 5.96 Å². The predicted molar refractivity (Wildman–Crippen MR) is 74.0 cm³/mol. The maximum Gasteiger partial charge on any atom is 0.205 e. The van der Waals surface area contributed by atoms with E-state index in [-0.39, 0.29) is 0 Å². The van der Waals surface area contributed by atoms with E-state index in [9.17, 15) is 0 Å². The van der Waals surface area contributed by atoms with Crippen molar-refractivity contribution in [3.05, 3.63) is 0 Å². The highest BCUT2D eigenvalue weighted by Crippen LogP contribution is 2.61. The summed E-state index contributed by atoms with van der Waals surface area (Å²) in [5, 5.41) is 3.48. The van der Waals surface area contributed by atoms with E-state index < -0.39 is 0 Å². The van der Waals surface area contributed by atoms with E-state index in [4.69, 9.17) is 10.8 Å². The lowest BCUT2D eigenvalue weighted by Crippen LogP contribution is -2.47. The first-order valence-electron chi connectivity index (χ1n) is 7.60. The summed E-state index contributed by atoms with van der Waals surface area (Å²) in [6.45, 7) is 0.969. The first-order chi connectivity index (χ1) is 8.82. The van der Waals surface area contributed by atoms with E-state index in [0.717, 1.165) is 18.4 Å². The number of guanidine groups is 1. The minimum atomic E-state index is 0.566. The molecule has 0 aromatic rings. The van der Waals surface area contributed by atoms with Crippen molar-refractivity contribution in [3.63, 3.8) is 0 Å². The molecule has 0 aromatic heterocycles. The average molecular weight is 250 g/mol. The number of hydrogen-bond acceptors (Lipinski definition) is 2. The van der Waals surface area contributed by atoms with Crippen molar-refractivity contribution in [1.82, 2.24) is 10.7 Å². The van der Waals surface area contributed by atoms with Crippen LogP contribution >= 0.6 is 0 Å². The highest BCUT2D eigenvalue weighted by atomic mass is 15.3. The molecule has 3 fully saturated rings. The van der Waals surface area contributed by atoms with Gasteiger partial charge in [-0.1, -0.05) is 19.3 Å². The lowest BCUT2D eigenvalue weighted by Gasteiger charge is -2.24. The van der Waals surface area contributed by atoms with Crippen molar-refractivity contribution >= 4 is 5.96 Å². The van der Waals surface area contributed by atoms with Gasteiger partial charge in [-0.3, -0.25) is 10.4 Å². The van der Waals surface area contributed by atoms with Crippen LogP contribution in [0.15, 0.2) is 4.99 Å². The molecule has 18 heavy (non-hydrogen) atoms. The summed E-state index contributed by atoms with van der Waals surface area (Å²) >= 11 is 0. The monoisotopic (exact) mass is 250 g/mol. The highest BCUT2D eigenvalue weighted by Gasteiger charge is 2.53. The van der Waals surface area contributed by atoms with Crippen molar-refractivity contribution in [2.24, 2.45) is 22.2 Å². The Morgan fingerprint density at radius 3 is 2.39 bits per heavy atom. The van der Waals surface area contributed by atoms with Crippen LogP contribution in [0.1, 0.15) is 57.8 Å². The van der Waals surface area contributed by atoms with Gasteiger partial charge in [0.15, 0.2) is 0 Å². The fourth-order valence-electron chi connectivity index (χ4n) is 3.36. The molecule has 0 aromatic carbocycles. The van der Waals surface area contributed by atoms with Crippen LogP contribution in [0.4, 0.5) is 0 Å². The highest BCUT2D eigenvalue weighted by molar-refractivity contribution is 5.79. The Balaban J connectivity index is 1.51. The van der Waals surface area contributed by atoms with E-state index >= 15 is 0 Å². The molecule has 3 rings (SSSR count). The minimum Gasteiger partial charge on any atom is -0.353 e. The second-order valence-corrected chi connectivity index (χ2v) is 6.43. The number of nitrogens with zero attached hydrogens (tertiary/aromatic N) is 1. The van der Waals surface area contributed by atoms with Crippen LogP contribution in [0.2, 0.25) is 0 Å². The van der Waals surface area contributed by atoms with Gasteiger partial charge < -0.3 is 5.32 Å². The SMILES string of the molecule is NNC(=NCC1(C2CC2)CC1)NC1CCCCC1. The van der Waals surface area contributed by atoms with E-state index in [2.05, 4.69) is 10.7 Å². The topological polar surface area (TPSA) is 62.4 Å². The van der Waals surface area contributed by atoms with Gasteiger partial charge in [0.05, 0.1) is 0 Å². The molecule has 0 spiro atoms. The number of hydrazine groups is 1. The molecule has 4 heteroatoms. The lowest BCUT2D eigenvalue weighted by molar-refractivity contribution is 0.407. The third-order valence-electron chi connectivity index (χ3n) is 4.97. The van der Waals surface area contributed by atoms with Gasteiger partial charge in [-0.25, -0.2) is 5.84 Å². The molecule has 0 saturated heterocycles. The maximum absolute atomic E-state index is 5.59. The van der Waals surface area contributed by atoms with Crippen molar-refractivity contribution in [1.29, 1.82) is 0 Å². The fraction of sp³-hybridized carbons (Fsp3) is 0.929. The Bertz CT molecular complexity index is 312. The van der Waals surface area contributed by atoms with Crippen LogP contribution in [0.3, 0.4) is 0 Å². The Morgan fingerprint density at radius 1 is 1.11 bits per heavy atom. The quantitative estimate of drug-likeness (QED) is 0.309. The normalized spacial score (nSPS) is 27.9.